The summed E-state index contributed by atoms with van der Waals surface area (Å²) >= 11 is 12.2. The highest BCUT2D eigenvalue weighted by atomic mass is 127. The first-order chi connectivity index (χ1) is 11.8. The molecule has 0 fully saturated rings. The minimum Gasteiger partial charge on any atom is -0.351 e. The Morgan fingerprint density at radius 2 is 2.04 bits per heavy atom. The quantitative estimate of drug-likeness (QED) is 0.364. The molecule has 9 heteroatoms. The van der Waals surface area contributed by atoms with Crippen LogP contribution in [0.5, 0.6) is 0 Å². The molecule has 0 radical (unpaired) electrons. The third kappa shape index (κ3) is 5.65. The number of aromatic nitrogens is 2. The summed E-state index contributed by atoms with van der Waals surface area (Å²) in [5.41, 5.74) is 2.02. The standard InChI is InChI=1S/C17H24Cl2N6.HI/c1-11(14-7-6-12(18)8-15(14)19)23-16(20-2)21-9-13-10-22-17(24(3)4)25(13)5;/h6-8,10-11H,9H2,1-5H3,(H2,20,21,23);1H. The van der Waals surface area contributed by atoms with Gasteiger partial charge in [-0.05, 0) is 24.6 Å². The van der Waals surface area contributed by atoms with Gasteiger partial charge in [-0.3, -0.25) is 4.99 Å². The molecule has 1 aromatic heterocycles. The van der Waals surface area contributed by atoms with Gasteiger partial charge >= 0.3 is 0 Å². The van der Waals surface area contributed by atoms with E-state index in [1.807, 2.05) is 55.9 Å². The molecule has 1 heterocycles. The molecule has 26 heavy (non-hydrogen) atoms. The minimum absolute atomic E-state index is 0. The van der Waals surface area contributed by atoms with Gasteiger partial charge in [-0.25, -0.2) is 4.98 Å². The van der Waals surface area contributed by atoms with Gasteiger partial charge in [0.05, 0.1) is 24.5 Å². The molecule has 0 amide bonds. The topological polar surface area (TPSA) is 57.5 Å². The Labute approximate surface area is 182 Å². The van der Waals surface area contributed by atoms with Crippen LogP contribution >= 0.6 is 47.2 Å². The molecule has 2 aromatic rings. The van der Waals surface area contributed by atoms with E-state index in [-0.39, 0.29) is 30.0 Å². The Bertz CT molecular complexity index is 760. The Hall–Kier alpha value is -1.19. The van der Waals surface area contributed by atoms with E-state index in [2.05, 4.69) is 20.6 Å². The second-order valence-electron chi connectivity index (χ2n) is 5.96. The van der Waals surface area contributed by atoms with Crippen molar-refractivity contribution < 1.29 is 0 Å². The van der Waals surface area contributed by atoms with Crippen LogP contribution < -0.4 is 15.5 Å². The van der Waals surface area contributed by atoms with Gasteiger partial charge in [-0.15, -0.1) is 24.0 Å². The van der Waals surface area contributed by atoms with Crippen LogP contribution in [0.1, 0.15) is 24.2 Å². The van der Waals surface area contributed by atoms with E-state index in [1.54, 1.807) is 13.1 Å². The van der Waals surface area contributed by atoms with Crippen LogP contribution in [0.4, 0.5) is 5.95 Å². The lowest BCUT2D eigenvalue weighted by Crippen LogP contribution is -2.38. The molecule has 0 bridgehead atoms. The number of guanidine groups is 1. The largest absolute Gasteiger partial charge is 0.351 e. The molecule has 1 atom stereocenters. The zero-order valence-electron chi connectivity index (χ0n) is 15.5. The van der Waals surface area contributed by atoms with E-state index in [1.165, 1.54) is 0 Å². The lowest BCUT2D eigenvalue weighted by atomic mass is 10.1. The van der Waals surface area contributed by atoms with Crippen LogP contribution in [0.15, 0.2) is 29.4 Å². The summed E-state index contributed by atoms with van der Waals surface area (Å²) in [7, 11) is 7.67. The van der Waals surface area contributed by atoms with Crippen molar-refractivity contribution in [3.63, 3.8) is 0 Å². The van der Waals surface area contributed by atoms with Crippen molar-refractivity contribution in [2.45, 2.75) is 19.5 Å². The van der Waals surface area contributed by atoms with E-state index in [0.29, 0.717) is 22.5 Å². The van der Waals surface area contributed by atoms with Gasteiger partial charge in [-0.2, -0.15) is 0 Å². The van der Waals surface area contributed by atoms with Crippen LogP contribution in [0.3, 0.4) is 0 Å². The van der Waals surface area contributed by atoms with Crippen LogP contribution in [-0.4, -0.2) is 36.7 Å². The SMILES string of the molecule is CN=C(NCc1cnc(N(C)C)n1C)NC(C)c1ccc(Cl)cc1Cl.I. The first-order valence-corrected chi connectivity index (χ1v) is 8.69. The maximum Gasteiger partial charge on any atom is 0.204 e. The van der Waals surface area contributed by atoms with Gasteiger partial charge < -0.3 is 20.1 Å². The molecule has 0 saturated heterocycles. The fraction of sp³-hybridized carbons (Fsp3) is 0.412. The third-order valence-corrected chi connectivity index (χ3v) is 4.47. The molecule has 0 aliphatic heterocycles. The number of anilines is 1. The molecule has 144 valence electrons. The van der Waals surface area contributed by atoms with Gasteiger partial charge in [0, 0.05) is 38.2 Å². The van der Waals surface area contributed by atoms with Gasteiger partial charge in [-0.1, -0.05) is 29.3 Å². The molecule has 2 rings (SSSR count). The Balaban J connectivity index is 0.00000338. The Morgan fingerprint density at radius 3 is 2.58 bits per heavy atom. The van der Waals surface area contributed by atoms with E-state index in [4.69, 9.17) is 23.2 Å². The summed E-state index contributed by atoms with van der Waals surface area (Å²) in [6.07, 6.45) is 1.86. The van der Waals surface area contributed by atoms with Gasteiger partial charge in [0.1, 0.15) is 0 Å². The van der Waals surface area contributed by atoms with E-state index < -0.39 is 0 Å². The van der Waals surface area contributed by atoms with Crippen molar-refractivity contribution in [3.05, 3.63) is 45.7 Å². The van der Waals surface area contributed by atoms with Gasteiger partial charge in [0.2, 0.25) is 5.95 Å². The van der Waals surface area contributed by atoms with E-state index in [9.17, 15) is 0 Å². The number of imidazole rings is 1. The van der Waals surface area contributed by atoms with Gasteiger partial charge in [0.15, 0.2) is 5.96 Å². The maximum absolute atomic E-state index is 6.28. The number of hydrogen-bond donors (Lipinski definition) is 2. The van der Waals surface area contributed by atoms with Crippen molar-refractivity contribution in [3.8, 4) is 0 Å². The number of halogens is 3. The summed E-state index contributed by atoms with van der Waals surface area (Å²) in [6, 6.07) is 5.47. The lowest BCUT2D eigenvalue weighted by Gasteiger charge is -2.19. The zero-order chi connectivity index (χ0) is 18.6. The summed E-state index contributed by atoms with van der Waals surface area (Å²) in [5.74, 6) is 1.59. The molecule has 0 spiro atoms. The van der Waals surface area contributed by atoms with Crippen LogP contribution in [0, 0.1) is 0 Å². The summed E-state index contributed by atoms with van der Waals surface area (Å²) < 4.78 is 2.04. The monoisotopic (exact) mass is 510 g/mol. The van der Waals surface area contributed by atoms with E-state index in [0.717, 1.165) is 17.2 Å². The number of nitrogens with zero attached hydrogens (tertiary/aromatic N) is 4. The molecule has 0 aliphatic rings. The van der Waals surface area contributed by atoms with E-state index >= 15 is 0 Å². The minimum atomic E-state index is -0.0140. The maximum atomic E-state index is 6.28. The second kappa shape index (κ2) is 10.2. The van der Waals surface area contributed by atoms with Gasteiger partial charge in [0.25, 0.3) is 0 Å². The molecule has 2 N–H and O–H groups in total. The third-order valence-electron chi connectivity index (χ3n) is 3.90. The highest BCUT2D eigenvalue weighted by Gasteiger charge is 2.13. The smallest absolute Gasteiger partial charge is 0.204 e. The summed E-state index contributed by atoms with van der Waals surface area (Å²) in [4.78, 5) is 10.7. The number of nitrogens with one attached hydrogen (secondary N) is 2. The number of rotatable bonds is 5. The Kier molecular flexibility index (Phi) is 8.99. The lowest BCUT2D eigenvalue weighted by molar-refractivity contribution is 0.676. The molecule has 6 nitrogen and oxygen atoms in total. The molecular formula is C17H25Cl2IN6. The number of benzene rings is 1. The fourth-order valence-corrected chi connectivity index (χ4v) is 3.09. The molecule has 1 aromatic carbocycles. The normalized spacial score (nSPS) is 12.3. The number of hydrogen-bond acceptors (Lipinski definition) is 3. The molecule has 0 saturated carbocycles. The molecular weight excluding hydrogens is 486 g/mol. The van der Waals surface area contributed by atoms with Crippen LogP contribution in [0.25, 0.3) is 0 Å². The predicted octanol–water partition coefficient (Wildman–Crippen LogP) is 3.84. The first-order valence-electron chi connectivity index (χ1n) is 7.93. The average Bonchev–Trinajstić information content (AvgIpc) is 2.92. The van der Waals surface area contributed by atoms with Crippen molar-refractivity contribution in [2.24, 2.45) is 12.0 Å². The second-order valence-corrected chi connectivity index (χ2v) is 6.80. The van der Waals surface area contributed by atoms with Crippen molar-refractivity contribution in [1.29, 1.82) is 0 Å². The number of aliphatic imine (C=N–C) groups is 1. The summed E-state index contributed by atoms with van der Waals surface area (Å²) in [5, 5.41) is 7.89. The van der Waals surface area contributed by atoms with Crippen molar-refractivity contribution >= 4 is 59.1 Å². The fourth-order valence-electron chi connectivity index (χ4n) is 2.52. The molecule has 0 aliphatic carbocycles. The zero-order valence-corrected chi connectivity index (χ0v) is 19.4. The Morgan fingerprint density at radius 1 is 1.35 bits per heavy atom. The van der Waals surface area contributed by atoms with Crippen LogP contribution in [-0.2, 0) is 13.6 Å². The summed E-state index contributed by atoms with van der Waals surface area (Å²) in [6.45, 7) is 2.63. The predicted molar refractivity (Wildman–Crippen MR) is 121 cm³/mol. The van der Waals surface area contributed by atoms with Crippen molar-refractivity contribution in [2.75, 3.05) is 26.0 Å². The average molecular weight is 511 g/mol. The molecule has 1 unspecified atom stereocenters. The van der Waals surface area contributed by atoms with Crippen LogP contribution in [0.2, 0.25) is 10.0 Å². The van der Waals surface area contributed by atoms with Crippen molar-refractivity contribution in [1.82, 2.24) is 20.2 Å². The highest BCUT2D eigenvalue weighted by molar-refractivity contribution is 14.0. The highest BCUT2D eigenvalue weighted by Crippen LogP contribution is 2.26. The first kappa shape index (κ1) is 22.9.